The van der Waals surface area contributed by atoms with E-state index in [4.69, 9.17) is 18.9 Å². The van der Waals surface area contributed by atoms with Crippen LogP contribution < -0.4 is 14.2 Å². The van der Waals surface area contributed by atoms with Gasteiger partial charge in [0, 0.05) is 6.07 Å². The van der Waals surface area contributed by atoms with Crippen molar-refractivity contribution in [3.8, 4) is 17.2 Å². The summed E-state index contributed by atoms with van der Waals surface area (Å²) in [4.78, 5) is 0. The van der Waals surface area contributed by atoms with E-state index in [2.05, 4.69) is 12.6 Å². The van der Waals surface area contributed by atoms with E-state index in [0.717, 1.165) is 23.7 Å². The molecule has 1 heterocycles. The SMILES string of the molecule is CCOC1Oc2cc(CCCCCCCCCCCS)c(OC)cc2O1. The maximum absolute atomic E-state index is 5.68. The summed E-state index contributed by atoms with van der Waals surface area (Å²) in [5.41, 5.74) is 1.18. The number of ether oxygens (including phenoxy) is 4. The standard InChI is InChI=1S/C21H34O4S/c1-3-23-21-24-19-15-17(18(22-2)16-20(19)25-21)13-11-9-7-5-4-6-8-10-12-14-26/h15-16,21,26H,3-14H2,1-2H3. The van der Waals surface area contributed by atoms with Crippen LogP contribution in [-0.2, 0) is 11.2 Å². The highest BCUT2D eigenvalue weighted by atomic mass is 32.1. The van der Waals surface area contributed by atoms with Crippen LogP contribution in [0.3, 0.4) is 0 Å². The average molecular weight is 383 g/mol. The smallest absolute Gasteiger partial charge is 0.361 e. The fourth-order valence-corrected chi connectivity index (χ4v) is 3.48. The quantitative estimate of drug-likeness (QED) is 0.327. The molecule has 0 bridgehead atoms. The number of rotatable bonds is 14. The predicted octanol–water partition coefficient (Wildman–Crippen LogP) is 5.77. The van der Waals surface area contributed by atoms with Crippen LogP contribution in [0.4, 0.5) is 0 Å². The van der Waals surface area contributed by atoms with Crippen LogP contribution in [0.5, 0.6) is 17.2 Å². The van der Waals surface area contributed by atoms with E-state index >= 15 is 0 Å². The van der Waals surface area contributed by atoms with Gasteiger partial charge in [0.15, 0.2) is 11.5 Å². The molecule has 0 N–H and O–H groups in total. The molecule has 0 aliphatic carbocycles. The van der Waals surface area contributed by atoms with Crippen molar-refractivity contribution in [2.24, 2.45) is 0 Å². The van der Waals surface area contributed by atoms with Gasteiger partial charge < -0.3 is 18.9 Å². The molecule has 1 aromatic rings. The Kier molecular flexibility index (Phi) is 10.1. The van der Waals surface area contributed by atoms with Crippen molar-refractivity contribution in [1.29, 1.82) is 0 Å². The lowest BCUT2D eigenvalue weighted by molar-refractivity contribution is -0.173. The number of hydrogen-bond donors (Lipinski definition) is 1. The highest BCUT2D eigenvalue weighted by Crippen LogP contribution is 2.40. The second-order valence-electron chi connectivity index (χ2n) is 6.75. The van der Waals surface area contributed by atoms with E-state index in [-0.39, 0.29) is 0 Å². The van der Waals surface area contributed by atoms with Gasteiger partial charge in [-0.2, -0.15) is 12.6 Å². The van der Waals surface area contributed by atoms with Crippen LogP contribution in [0.15, 0.2) is 12.1 Å². The van der Waals surface area contributed by atoms with Crippen molar-refractivity contribution in [1.82, 2.24) is 0 Å². The molecule has 1 aromatic carbocycles. The van der Waals surface area contributed by atoms with Crippen molar-refractivity contribution in [2.75, 3.05) is 19.5 Å². The molecule has 148 valence electrons. The average Bonchev–Trinajstić information content (AvgIpc) is 3.04. The highest BCUT2D eigenvalue weighted by molar-refractivity contribution is 7.80. The molecule has 0 aromatic heterocycles. The van der Waals surface area contributed by atoms with Crippen molar-refractivity contribution >= 4 is 12.6 Å². The molecular formula is C21H34O4S. The third kappa shape index (κ3) is 6.92. The third-order valence-electron chi connectivity index (χ3n) is 4.70. The largest absolute Gasteiger partial charge is 0.496 e. The zero-order chi connectivity index (χ0) is 18.6. The highest BCUT2D eigenvalue weighted by Gasteiger charge is 2.26. The molecule has 0 fully saturated rings. The minimum Gasteiger partial charge on any atom is -0.496 e. The monoisotopic (exact) mass is 382 g/mol. The van der Waals surface area contributed by atoms with Crippen LogP contribution in [0, 0.1) is 0 Å². The van der Waals surface area contributed by atoms with E-state index in [1.165, 1.54) is 63.4 Å². The lowest BCUT2D eigenvalue weighted by Crippen LogP contribution is -2.21. The Morgan fingerprint density at radius 2 is 1.46 bits per heavy atom. The van der Waals surface area contributed by atoms with Gasteiger partial charge in [-0.05, 0) is 43.6 Å². The molecule has 0 radical (unpaired) electrons. The molecular weight excluding hydrogens is 348 g/mol. The molecule has 1 aliphatic rings. The van der Waals surface area contributed by atoms with Crippen LogP contribution in [0.1, 0.15) is 70.3 Å². The van der Waals surface area contributed by atoms with Crippen molar-refractivity contribution in [2.45, 2.75) is 77.6 Å². The van der Waals surface area contributed by atoms with Crippen LogP contribution in [0.2, 0.25) is 0 Å². The molecule has 4 nitrogen and oxygen atoms in total. The molecule has 0 spiro atoms. The van der Waals surface area contributed by atoms with Gasteiger partial charge in [-0.1, -0.05) is 44.9 Å². The fourth-order valence-electron chi connectivity index (χ4n) is 3.25. The van der Waals surface area contributed by atoms with Gasteiger partial charge in [-0.25, -0.2) is 0 Å². The molecule has 5 heteroatoms. The Balaban J connectivity index is 1.67. The zero-order valence-electron chi connectivity index (χ0n) is 16.3. The summed E-state index contributed by atoms with van der Waals surface area (Å²) in [5.74, 6) is 3.34. The molecule has 26 heavy (non-hydrogen) atoms. The first-order chi connectivity index (χ1) is 12.8. The van der Waals surface area contributed by atoms with Gasteiger partial charge in [0.1, 0.15) is 5.75 Å². The fraction of sp³-hybridized carbons (Fsp3) is 0.714. The number of fused-ring (bicyclic) bond motifs is 1. The Hall–Kier alpha value is -1.07. The van der Waals surface area contributed by atoms with E-state index in [0.29, 0.717) is 12.4 Å². The maximum atomic E-state index is 5.68. The summed E-state index contributed by atoms with van der Waals surface area (Å²) in [6.07, 6.45) is 12.8. The summed E-state index contributed by atoms with van der Waals surface area (Å²) in [5, 5.41) is 0. The number of thiol groups is 1. The first-order valence-electron chi connectivity index (χ1n) is 10.0. The van der Waals surface area contributed by atoms with Crippen molar-refractivity contribution in [3.63, 3.8) is 0 Å². The second-order valence-corrected chi connectivity index (χ2v) is 7.19. The van der Waals surface area contributed by atoms with E-state index in [1.807, 2.05) is 19.1 Å². The van der Waals surface area contributed by atoms with E-state index in [9.17, 15) is 0 Å². The summed E-state index contributed by atoms with van der Waals surface area (Å²) in [6.45, 7) is 1.84. The number of aryl methyl sites for hydroxylation is 1. The predicted molar refractivity (Wildman–Crippen MR) is 109 cm³/mol. The van der Waals surface area contributed by atoms with Gasteiger partial charge >= 0.3 is 6.48 Å². The minimum absolute atomic E-state index is 0.553. The zero-order valence-corrected chi connectivity index (χ0v) is 17.2. The minimum atomic E-state index is -0.636. The summed E-state index contributed by atoms with van der Waals surface area (Å²) in [7, 11) is 1.70. The maximum Gasteiger partial charge on any atom is 0.361 e. The van der Waals surface area contributed by atoms with E-state index in [1.54, 1.807) is 7.11 Å². The van der Waals surface area contributed by atoms with Crippen molar-refractivity contribution < 1.29 is 18.9 Å². The van der Waals surface area contributed by atoms with Crippen LogP contribution in [-0.4, -0.2) is 25.9 Å². The number of benzene rings is 1. The Bertz CT molecular complexity index is 521. The molecule has 0 saturated heterocycles. The summed E-state index contributed by atoms with van der Waals surface area (Å²) in [6, 6.07) is 3.95. The first kappa shape index (κ1) is 21.2. The Labute approximate surface area is 164 Å². The molecule has 1 atom stereocenters. The summed E-state index contributed by atoms with van der Waals surface area (Å²) >= 11 is 4.25. The molecule has 1 aliphatic heterocycles. The Morgan fingerprint density at radius 3 is 2.04 bits per heavy atom. The van der Waals surface area contributed by atoms with E-state index < -0.39 is 6.48 Å². The number of methoxy groups -OCH3 is 1. The van der Waals surface area contributed by atoms with Gasteiger partial charge in [0.2, 0.25) is 0 Å². The molecule has 1 unspecified atom stereocenters. The lowest BCUT2D eigenvalue weighted by Gasteiger charge is -2.09. The van der Waals surface area contributed by atoms with Gasteiger partial charge in [0.25, 0.3) is 0 Å². The number of hydrogen-bond acceptors (Lipinski definition) is 5. The molecule has 0 saturated carbocycles. The number of unbranched alkanes of at least 4 members (excludes halogenated alkanes) is 8. The topological polar surface area (TPSA) is 36.9 Å². The second kappa shape index (κ2) is 12.3. The summed E-state index contributed by atoms with van der Waals surface area (Å²) < 4.78 is 22.2. The normalized spacial score (nSPS) is 15.4. The first-order valence-corrected chi connectivity index (χ1v) is 10.7. The van der Waals surface area contributed by atoms with Gasteiger partial charge in [-0.3, -0.25) is 0 Å². The molecule has 2 rings (SSSR count). The lowest BCUT2D eigenvalue weighted by atomic mass is 10.0. The van der Waals surface area contributed by atoms with Crippen molar-refractivity contribution in [3.05, 3.63) is 17.7 Å². The van der Waals surface area contributed by atoms with Gasteiger partial charge in [0.05, 0.1) is 13.7 Å². The Morgan fingerprint density at radius 1 is 0.885 bits per heavy atom. The third-order valence-corrected chi connectivity index (χ3v) is 5.02. The van der Waals surface area contributed by atoms with Crippen LogP contribution >= 0.6 is 12.6 Å². The van der Waals surface area contributed by atoms with Crippen LogP contribution in [0.25, 0.3) is 0 Å². The molecule has 0 amide bonds. The van der Waals surface area contributed by atoms with Gasteiger partial charge in [-0.15, -0.1) is 0 Å².